The summed E-state index contributed by atoms with van der Waals surface area (Å²) in [6.07, 6.45) is 3.30. The van der Waals surface area contributed by atoms with Gasteiger partial charge in [-0.1, -0.05) is 0 Å². The number of carboxylic acid groups (broad SMARTS) is 1. The highest BCUT2D eigenvalue weighted by Gasteiger charge is 2.57. The maximum Gasteiger partial charge on any atom is 0.314 e. The van der Waals surface area contributed by atoms with E-state index in [-0.39, 0.29) is 24.7 Å². The number of piperazine rings is 2. The van der Waals surface area contributed by atoms with Gasteiger partial charge in [-0.15, -0.1) is 0 Å². The van der Waals surface area contributed by atoms with Gasteiger partial charge in [0.2, 0.25) is 0 Å². The van der Waals surface area contributed by atoms with Crippen LogP contribution in [0.1, 0.15) is 19.3 Å². The van der Waals surface area contributed by atoms with Crippen molar-refractivity contribution in [2.24, 2.45) is 5.92 Å². The number of piperidine rings is 1. The molecule has 0 aromatic carbocycles. The third kappa shape index (κ3) is 2.99. The molecular formula is C21H37N7O3. The number of hydrogen-bond acceptors (Lipinski definition) is 9. The number of nitrogens with zero attached hydrogens (tertiary/aromatic N) is 6. The zero-order chi connectivity index (χ0) is 22.2. The van der Waals surface area contributed by atoms with Gasteiger partial charge in [-0.2, -0.15) is 0 Å². The van der Waals surface area contributed by atoms with Crippen LogP contribution in [-0.2, 0) is 9.53 Å². The first-order valence-electron chi connectivity index (χ1n) is 11.4. The quantitative estimate of drug-likeness (QED) is 0.552. The van der Waals surface area contributed by atoms with Gasteiger partial charge in [0.15, 0.2) is 12.0 Å². The molecule has 0 saturated carbocycles. The Morgan fingerprint density at radius 3 is 2.39 bits per heavy atom. The van der Waals surface area contributed by atoms with E-state index >= 15 is 0 Å². The Labute approximate surface area is 184 Å². The number of likely N-dealkylation sites (tertiary alicyclic amines) is 1. The minimum atomic E-state index is -0.805. The molecule has 5 aliphatic heterocycles. The van der Waals surface area contributed by atoms with Crippen LogP contribution in [0.4, 0.5) is 0 Å². The number of fused-ring (bicyclic) bond motifs is 3. The third-order valence-electron chi connectivity index (χ3n) is 8.20. The molecule has 2 N–H and O–H groups in total. The largest absolute Gasteiger partial charge is 0.481 e. The van der Waals surface area contributed by atoms with Crippen LogP contribution < -0.4 is 5.32 Å². The van der Waals surface area contributed by atoms with Crippen molar-refractivity contribution in [3.05, 3.63) is 11.6 Å². The summed E-state index contributed by atoms with van der Waals surface area (Å²) in [6, 6.07) is 0.404. The number of likely N-dealkylation sites (N-methyl/N-ethyl adjacent to an activating group) is 5. The van der Waals surface area contributed by atoms with E-state index < -0.39 is 11.9 Å². The van der Waals surface area contributed by atoms with Crippen LogP contribution in [0, 0.1) is 5.92 Å². The molecule has 0 aromatic rings. The molecule has 0 aromatic heterocycles. The van der Waals surface area contributed by atoms with Gasteiger partial charge in [0.05, 0.1) is 18.5 Å². The molecule has 0 aliphatic carbocycles. The van der Waals surface area contributed by atoms with Gasteiger partial charge >= 0.3 is 5.97 Å². The first-order valence-corrected chi connectivity index (χ1v) is 11.4. The molecule has 10 nitrogen and oxygen atoms in total. The fourth-order valence-corrected chi connectivity index (χ4v) is 6.74. The lowest BCUT2D eigenvalue weighted by Crippen LogP contribution is -2.84. The molecule has 5 rings (SSSR count). The van der Waals surface area contributed by atoms with E-state index in [2.05, 4.69) is 70.0 Å². The number of carboxylic acids is 1. The minimum Gasteiger partial charge on any atom is -0.481 e. The predicted molar refractivity (Wildman–Crippen MR) is 115 cm³/mol. The Bertz CT molecular complexity index is 778. The summed E-state index contributed by atoms with van der Waals surface area (Å²) in [7, 11) is 12.8. The molecule has 0 radical (unpaired) electrons. The summed E-state index contributed by atoms with van der Waals surface area (Å²) in [6.45, 7) is 1.83. The van der Waals surface area contributed by atoms with Crippen molar-refractivity contribution in [3.8, 4) is 0 Å². The lowest BCUT2D eigenvalue weighted by molar-refractivity contribution is -0.255. The molecule has 5 aliphatic rings. The zero-order valence-corrected chi connectivity index (χ0v) is 19.5. The summed E-state index contributed by atoms with van der Waals surface area (Å²) in [4.78, 5) is 26.0. The number of rotatable bonds is 1. The molecule has 0 bridgehead atoms. The molecular weight excluding hydrogens is 398 g/mol. The van der Waals surface area contributed by atoms with Gasteiger partial charge in [0.25, 0.3) is 0 Å². The number of carbonyl (C=O) groups is 1. The maximum atomic E-state index is 12.0. The number of nitrogens with one attached hydrogen (secondary N) is 1. The van der Waals surface area contributed by atoms with Crippen molar-refractivity contribution in [2.45, 2.75) is 56.2 Å². The molecule has 7 unspecified atom stereocenters. The molecule has 0 spiro atoms. The summed E-state index contributed by atoms with van der Waals surface area (Å²) in [5.74, 6) is 0.103. The third-order valence-corrected chi connectivity index (χ3v) is 8.20. The molecule has 10 heteroatoms. The topological polar surface area (TPSA) is 78.0 Å². The average molecular weight is 436 g/mol. The van der Waals surface area contributed by atoms with Crippen molar-refractivity contribution >= 4 is 5.97 Å². The van der Waals surface area contributed by atoms with E-state index in [1.54, 1.807) is 0 Å². The summed E-state index contributed by atoms with van der Waals surface area (Å²) < 4.78 is 6.56. The van der Waals surface area contributed by atoms with Crippen LogP contribution in [0.25, 0.3) is 0 Å². The number of hydrogen-bond donors (Lipinski definition) is 2. The van der Waals surface area contributed by atoms with Gasteiger partial charge in [0, 0.05) is 26.7 Å². The van der Waals surface area contributed by atoms with Gasteiger partial charge < -0.3 is 19.6 Å². The van der Waals surface area contributed by atoms with Crippen LogP contribution in [0.3, 0.4) is 0 Å². The second-order valence-electron chi connectivity index (χ2n) is 9.99. The van der Waals surface area contributed by atoms with E-state index in [1.807, 2.05) is 7.05 Å². The van der Waals surface area contributed by atoms with Crippen LogP contribution in [0.2, 0.25) is 0 Å². The van der Waals surface area contributed by atoms with Crippen molar-refractivity contribution in [2.75, 3.05) is 55.4 Å². The predicted octanol–water partition coefficient (Wildman–Crippen LogP) is -0.709. The SMILES string of the molecule is CN1CCC(C(=O)O)C2=C1N(C)C1C(O2)N(C)C2NC3CCCN(C)C3N(C)C2N1C. The molecule has 0 amide bonds. The first-order chi connectivity index (χ1) is 14.7. The zero-order valence-electron chi connectivity index (χ0n) is 19.5. The summed E-state index contributed by atoms with van der Waals surface area (Å²) in [5, 5.41) is 13.8. The minimum absolute atomic E-state index is 0.0188. The van der Waals surface area contributed by atoms with E-state index in [9.17, 15) is 9.90 Å². The maximum absolute atomic E-state index is 12.0. The van der Waals surface area contributed by atoms with Crippen LogP contribution in [-0.4, -0.2) is 133 Å². The van der Waals surface area contributed by atoms with E-state index in [0.717, 1.165) is 18.8 Å². The molecule has 5 heterocycles. The van der Waals surface area contributed by atoms with Crippen LogP contribution in [0.15, 0.2) is 11.6 Å². The lowest BCUT2D eigenvalue weighted by atomic mass is 9.94. The Balaban J connectivity index is 1.52. The van der Waals surface area contributed by atoms with Gasteiger partial charge in [0.1, 0.15) is 17.9 Å². The lowest BCUT2D eigenvalue weighted by Gasteiger charge is -2.65. The van der Waals surface area contributed by atoms with E-state index in [4.69, 9.17) is 4.74 Å². The van der Waals surface area contributed by atoms with E-state index in [0.29, 0.717) is 30.9 Å². The highest BCUT2D eigenvalue weighted by molar-refractivity contribution is 5.73. The fraction of sp³-hybridized carbons (Fsp3) is 0.857. The van der Waals surface area contributed by atoms with Crippen molar-refractivity contribution in [1.82, 2.24) is 34.7 Å². The number of ether oxygens (including phenoxy) is 1. The molecule has 3 fully saturated rings. The second-order valence-corrected chi connectivity index (χ2v) is 9.99. The normalized spacial score (nSPS) is 42.5. The summed E-state index contributed by atoms with van der Waals surface area (Å²) >= 11 is 0. The van der Waals surface area contributed by atoms with Gasteiger partial charge in [-0.3, -0.25) is 29.7 Å². The Morgan fingerprint density at radius 2 is 1.68 bits per heavy atom. The van der Waals surface area contributed by atoms with Crippen LogP contribution in [0.5, 0.6) is 0 Å². The smallest absolute Gasteiger partial charge is 0.314 e. The molecule has 3 saturated heterocycles. The molecule has 7 atom stereocenters. The Hall–Kier alpha value is -1.59. The van der Waals surface area contributed by atoms with Gasteiger partial charge in [-0.25, -0.2) is 0 Å². The first kappa shape index (κ1) is 21.3. The monoisotopic (exact) mass is 435 g/mol. The fourth-order valence-electron chi connectivity index (χ4n) is 6.74. The molecule has 174 valence electrons. The highest BCUT2D eigenvalue weighted by atomic mass is 16.5. The van der Waals surface area contributed by atoms with Crippen LogP contribution >= 0.6 is 0 Å². The van der Waals surface area contributed by atoms with Gasteiger partial charge in [-0.05, 0) is 54.0 Å². The van der Waals surface area contributed by atoms with E-state index in [1.165, 1.54) is 6.42 Å². The van der Waals surface area contributed by atoms with Crippen molar-refractivity contribution in [1.29, 1.82) is 0 Å². The summed E-state index contributed by atoms with van der Waals surface area (Å²) in [5.41, 5.74) is 0. The highest BCUT2D eigenvalue weighted by Crippen LogP contribution is 2.42. The Kier molecular flexibility index (Phi) is 5.13. The standard InChI is InChI=1S/C21H37N7O3/c1-23-10-7-8-13-16(23)26(4)18-15(22-13)25(3)20-19(28(18)6)27(5)17-14(31-20)12(21(29)30)9-11-24(17)2/h12-13,15-16,18-20,22H,7-11H2,1-6H3,(H,29,30). The van der Waals surface area contributed by atoms with Crippen molar-refractivity contribution < 1.29 is 14.6 Å². The second kappa shape index (κ2) is 7.48. The molecule has 31 heavy (non-hydrogen) atoms. The van der Waals surface area contributed by atoms with Crippen molar-refractivity contribution in [3.63, 3.8) is 0 Å². The number of aliphatic carboxylic acids is 1. The average Bonchev–Trinajstić information content (AvgIpc) is 2.71. The Morgan fingerprint density at radius 1 is 0.968 bits per heavy atom.